The summed E-state index contributed by atoms with van der Waals surface area (Å²) in [6.45, 7) is 7.88. The SMILES string of the molecule is CCC(C)(C(NN)c1sccc1Cl)N1CCOCC1. The third-order valence-corrected chi connectivity index (χ3v) is 5.57. The molecule has 1 aliphatic heterocycles. The van der Waals surface area contributed by atoms with E-state index >= 15 is 0 Å². The summed E-state index contributed by atoms with van der Waals surface area (Å²) in [4.78, 5) is 3.57. The van der Waals surface area contributed by atoms with Crippen LogP contribution in [0.1, 0.15) is 31.2 Å². The molecule has 0 radical (unpaired) electrons. The minimum absolute atomic E-state index is 0.0306. The third kappa shape index (κ3) is 2.96. The van der Waals surface area contributed by atoms with Crippen molar-refractivity contribution in [1.82, 2.24) is 10.3 Å². The minimum atomic E-state index is -0.0625. The largest absolute Gasteiger partial charge is 0.379 e. The number of thiophene rings is 1. The molecule has 1 fully saturated rings. The van der Waals surface area contributed by atoms with Gasteiger partial charge in [0.1, 0.15) is 0 Å². The van der Waals surface area contributed by atoms with Crippen molar-refractivity contribution in [2.45, 2.75) is 31.8 Å². The second kappa shape index (κ2) is 6.52. The summed E-state index contributed by atoms with van der Waals surface area (Å²) in [5.74, 6) is 5.84. The van der Waals surface area contributed by atoms with E-state index < -0.39 is 0 Å². The van der Waals surface area contributed by atoms with Crippen molar-refractivity contribution in [3.05, 3.63) is 21.3 Å². The van der Waals surface area contributed by atoms with Crippen molar-refractivity contribution in [3.63, 3.8) is 0 Å². The Morgan fingerprint density at radius 3 is 2.74 bits per heavy atom. The van der Waals surface area contributed by atoms with Crippen molar-refractivity contribution in [3.8, 4) is 0 Å². The van der Waals surface area contributed by atoms with Crippen LogP contribution in [0.25, 0.3) is 0 Å². The van der Waals surface area contributed by atoms with Crippen LogP contribution in [-0.2, 0) is 4.74 Å². The first kappa shape index (κ1) is 15.2. The lowest BCUT2D eigenvalue weighted by molar-refractivity contribution is -0.0324. The molecule has 108 valence electrons. The maximum Gasteiger partial charge on any atom is 0.0748 e. The van der Waals surface area contributed by atoms with E-state index in [9.17, 15) is 0 Å². The van der Waals surface area contributed by atoms with Gasteiger partial charge in [0.05, 0.1) is 24.3 Å². The summed E-state index contributed by atoms with van der Waals surface area (Å²) in [5.41, 5.74) is 2.92. The summed E-state index contributed by atoms with van der Waals surface area (Å²) >= 11 is 7.94. The van der Waals surface area contributed by atoms with Crippen LogP contribution < -0.4 is 11.3 Å². The first-order valence-corrected chi connectivity index (χ1v) is 7.91. The van der Waals surface area contributed by atoms with Crippen LogP contribution in [0, 0.1) is 0 Å². The number of halogens is 1. The number of ether oxygens (including phenoxy) is 1. The molecule has 19 heavy (non-hydrogen) atoms. The van der Waals surface area contributed by atoms with Crippen LogP contribution in [0.3, 0.4) is 0 Å². The third-order valence-electron chi connectivity index (χ3n) is 4.14. The van der Waals surface area contributed by atoms with Crippen LogP contribution in [0.5, 0.6) is 0 Å². The van der Waals surface area contributed by atoms with E-state index in [-0.39, 0.29) is 11.6 Å². The highest BCUT2D eigenvalue weighted by molar-refractivity contribution is 7.10. The molecule has 2 unspecified atom stereocenters. The molecule has 1 aromatic rings. The fourth-order valence-electron chi connectivity index (χ4n) is 2.73. The van der Waals surface area contributed by atoms with Crippen molar-refractivity contribution in [1.29, 1.82) is 0 Å². The van der Waals surface area contributed by atoms with Crippen molar-refractivity contribution in [2.75, 3.05) is 26.3 Å². The zero-order chi connectivity index (χ0) is 13.9. The van der Waals surface area contributed by atoms with Crippen LogP contribution in [-0.4, -0.2) is 36.7 Å². The number of nitrogens with zero attached hydrogens (tertiary/aromatic N) is 1. The number of hydrazine groups is 1. The highest BCUT2D eigenvalue weighted by Crippen LogP contribution is 2.39. The van der Waals surface area contributed by atoms with E-state index in [1.165, 1.54) is 0 Å². The van der Waals surface area contributed by atoms with Crippen LogP contribution in [0.4, 0.5) is 0 Å². The van der Waals surface area contributed by atoms with Gasteiger partial charge in [-0.1, -0.05) is 18.5 Å². The predicted molar refractivity (Wildman–Crippen MR) is 80.5 cm³/mol. The molecule has 4 nitrogen and oxygen atoms in total. The van der Waals surface area contributed by atoms with Gasteiger partial charge in [-0.25, -0.2) is 0 Å². The smallest absolute Gasteiger partial charge is 0.0748 e. The predicted octanol–water partition coefficient (Wildman–Crippen LogP) is 2.41. The van der Waals surface area contributed by atoms with E-state index in [0.717, 1.165) is 42.6 Å². The molecule has 6 heteroatoms. The van der Waals surface area contributed by atoms with E-state index in [4.69, 9.17) is 22.2 Å². The van der Waals surface area contributed by atoms with Gasteiger partial charge >= 0.3 is 0 Å². The Morgan fingerprint density at radius 2 is 2.26 bits per heavy atom. The molecule has 1 aromatic heterocycles. The zero-order valence-corrected chi connectivity index (χ0v) is 13.1. The van der Waals surface area contributed by atoms with Gasteiger partial charge in [-0.05, 0) is 24.8 Å². The van der Waals surface area contributed by atoms with Gasteiger partial charge in [-0.15, -0.1) is 11.3 Å². The van der Waals surface area contributed by atoms with E-state index in [1.54, 1.807) is 11.3 Å². The van der Waals surface area contributed by atoms with Gasteiger partial charge in [0.15, 0.2) is 0 Å². The summed E-state index contributed by atoms with van der Waals surface area (Å²) in [6.07, 6.45) is 0.996. The zero-order valence-electron chi connectivity index (χ0n) is 11.5. The second-order valence-corrected chi connectivity index (χ2v) is 6.40. The normalized spacial score (nSPS) is 22.1. The van der Waals surface area contributed by atoms with E-state index in [1.807, 2.05) is 11.4 Å². The number of nitrogens with one attached hydrogen (secondary N) is 1. The topological polar surface area (TPSA) is 50.5 Å². The number of rotatable bonds is 5. The molecule has 0 bridgehead atoms. The molecule has 3 N–H and O–H groups in total. The van der Waals surface area contributed by atoms with Crippen LogP contribution in [0.15, 0.2) is 11.4 Å². The fourth-order valence-corrected chi connectivity index (χ4v) is 4.10. The molecule has 0 amide bonds. The molecule has 1 aliphatic rings. The number of hydrogen-bond donors (Lipinski definition) is 2. The first-order valence-electron chi connectivity index (χ1n) is 6.65. The van der Waals surface area contributed by atoms with Gasteiger partial charge in [-0.3, -0.25) is 16.2 Å². The summed E-state index contributed by atoms with van der Waals surface area (Å²) in [5, 5.41) is 2.80. The van der Waals surface area contributed by atoms with Gasteiger partial charge < -0.3 is 4.74 Å². The lowest BCUT2D eigenvalue weighted by Crippen LogP contribution is -2.58. The van der Waals surface area contributed by atoms with E-state index in [2.05, 4.69) is 24.2 Å². The van der Waals surface area contributed by atoms with Gasteiger partial charge in [0.2, 0.25) is 0 Å². The molecule has 0 spiro atoms. The van der Waals surface area contributed by atoms with Crippen molar-refractivity contribution in [2.24, 2.45) is 5.84 Å². The molecule has 0 aromatic carbocycles. The average Bonchev–Trinajstić information content (AvgIpc) is 2.86. The average molecular weight is 304 g/mol. The quantitative estimate of drug-likeness (QED) is 0.648. The standard InChI is InChI=1S/C13H22ClN3OS/c1-3-13(2,17-5-7-18-8-6-17)12(16-15)11-10(14)4-9-19-11/h4,9,12,16H,3,5-8,15H2,1-2H3. The second-order valence-electron chi connectivity index (χ2n) is 5.04. The number of morpholine rings is 1. The van der Waals surface area contributed by atoms with E-state index in [0.29, 0.717) is 0 Å². The molecular weight excluding hydrogens is 282 g/mol. The molecule has 2 heterocycles. The molecule has 0 saturated carbocycles. The van der Waals surface area contributed by atoms with Gasteiger partial charge in [0, 0.05) is 23.5 Å². The Balaban J connectivity index is 2.29. The van der Waals surface area contributed by atoms with Crippen molar-refractivity contribution >= 4 is 22.9 Å². The monoisotopic (exact) mass is 303 g/mol. The Kier molecular flexibility index (Phi) is 5.22. The summed E-state index contributed by atoms with van der Waals surface area (Å²) in [6, 6.07) is 1.96. The maximum absolute atomic E-state index is 6.29. The highest BCUT2D eigenvalue weighted by atomic mass is 35.5. The fraction of sp³-hybridized carbons (Fsp3) is 0.692. The van der Waals surface area contributed by atoms with Gasteiger partial charge in [0.25, 0.3) is 0 Å². The highest BCUT2D eigenvalue weighted by Gasteiger charge is 2.40. The number of hydrogen-bond acceptors (Lipinski definition) is 5. The molecular formula is C13H22ClN3OS. The molecule has 0 aliphatic carbocycles. The Hall–Kier alpha value is -0.170. The van der Waals surface area contributed by atoms with Gasteiger partial charge in [-0.2, -0.15) is 0 Å². The first-order chi connectivity index (χ1) is 9.13. The van der Waals surface area contributed by atoms with Crippen LogP contribution in [0.2, 0.25) is 5.02 Å². The summed E-state index contributed by atoms with van der Waals surface area (Å²) < 4.78 is 5.45. The Labute approximate surface area is 123 Å². The lowest BCUT2D eigenvalue weighted by Gasteiger charge is -2.47. The van der Waals surface area contributed by atoms with Crippen LogP contribution >= 0.6 is 22.9 Å². The maximum atomic E-state index is 6.29. The molecule has 2 rings (SSSR count). The minimum Gasteiger partial charge on any atom is -0.379 e. The summed E-state index contributed by atoms with van der Waals surface area (Å²) in [7, 11) is 0. The van der Waals surface area contributed by atoms with Crippen molar-refractivity contribution < 1.29 is 4.74 Å². The Morgan fingerprint density at radius 1 is 1.58 bits per heavy atom. The Bertz CT molecular complexity index is 408. The lowest BCUT2D eigenvalue weighted by atomic mass is 9.86. The molecule has 1 saturated heterocycles. The molecule has 2 atom stereocenters. The number of nitrogens with two attached hydrogens (primary N) is 1.